The van der Waals surface area contributed by atoms with Gasteiger partial charge >= 0.3 is 5.97 Å². The molecule has 0 unspecified atom stereocenters. The van der Waals surface area contributed by atoms with E-state index in [2.05, 4.69) is 15.9 Å². The molecular formula is C23H22BrNO6S. The lowest BCUT2D eigenvalue weighted by Gasteiger charge is -2.14. The summed E-state index contributed by atoms with van der Waals surface area (Å²) in [6.45, 7) is 3.81. The molecule has 32 heavy (non-hydrogen) atoms. The van der Waals surface area contributed by atoms with Crippen molar-refractivity contribution < 1.29 is 28.6 Å². The summed E-state index contributed by atoms with van der Waals surface area (Å²) in [5, 5.41) is -0.515. The molecule has 0 radical (unpaired) electrons. The lowest BCUT2D eigenvalue weighted by Crippen LogP contribution is -2.34. The third kappa shape index (κ3) is 5.72. The number of amides is 2. The van der Waals surface area contributed by atoms with Gasteiger partial charge in [0.15, 0.2) is 11.5 Å². The van der Waals surface area contributed by atoms with Crippen LogP contribution in [0.3, 0.4) is 0 Å². The van der Waals surface area contributed by atoms with Gasteiger partial charge in [0.2, 0.25) is 0 Å². The first-order valence-corrected chi connectivity index (χ1v) is 11.4. The van der Waals surface area contributed by atoms with Crippen LogP contribution in [-0.2, 0) is 20.9 Å². The van der Waals surface area contributed by atoms with Crippen molar-refractivity contribution in [3.05, 3.63) is 62.5 Å². The summed E-state index contributed by atoms with van der Waals surface area (Å²) < 4.78 is 16.9. The Kier molecular flexibility index (Phi) is 7.98. The highest BCUT2D eigenvalue weighted by atomic mass is 79.9. The maximum absolute atomic E-state index is 12.6. The number of aryl methyl sites for hydroxylation is 1. The van der Waals surface area contributed by atoms with Crippen LogP contribution >= 0.6 is 27.7 Å². The second kappa shape index (κ2) is 10.7. The van der Waals surface area contributed by atoms with E-state index in [4.69, 9.17) is 14.2 Å². The topological polar surface area (TPSA) is 82.1 Å². The number of ether oxygens (including phenoxy) is 3. The van der Waals surface area contributed by atoms with Gasteiger partial charge < -0.3 is 14.2 Å². The summed E-state index contributed by atoms with van der Waals surface area (Å²) in [5.41, 5.74) is 2.82. The molecule has 0 saturated carbocycles. The highest BCUT2D eigenvalue weighted by molar-refractivity contribution is 9.10. The van der Waals surface area contributed by atoms with E-state index in [0.29, 0.717) is 28.1 Å². The molecular weight excluding hydrogens is 498 g/mol. The number of hydrogen-bond acceptors (Lipinski definition) is 7. The van der Waals surface area contributed by atoms with Crippen LogP contribution in [0.2, 0.25) is 0 Å². The average Bonchev–Trinajstić information content (AvgIpc) is 3.01. The molecule has 1 aliphatic rings. The molecule has 0 spiro atoms. The molecule has 2 aromatic rings. The predicted octanol–water partition coefficient (Wildman–Crippen LogP) is 4.94. The van der Waals surface area contributed by atoms with E-state index < -0.39 is 23.7 Å². The van der Waals surface area contributed by atoms with E-state index >= 15 is 0 Å². The molecule has 7 nitrogen and oxygen atoms in total. The maximum atomic E-state index is 12.6. The van der Waals surface area contributed by atoms with Gasteiger partial charge in [-0.1, -0.05) is 29.8 Å². The summed E-state index contributed by atoms with van der Waals surface area (Å²) in [7, 11) is 1.53. The van der Waals surface area contributed by atoms with Gasteiger partial charge in [0.05, 0.1) is 23.1 Å². The second-order valence-electron chi connectivity index (χ2n) is 6.88. The Bertz CT molecular complexity index is 1070. The predicted molar refractivity (Wildman–Crippen MR) is 126 cm³/mol. The van der Waals surface area contributed by atoms with Crippen molar-refractivity contribution in [2.45, 2.75) is 20.5 Å². The van der Waals surface area contributed by atoms with Crippen molar-refractivity contribution in [2.75, 3.05) is 20.3 Å². The molecule has 1 heterocycles. The third-order valence-electron chi connectivity index (χ3n) is 4.52. The number of benzene rings is 2. The smallest absolute Gasteiger partial charge is 0.326 e. The molecule has 3 rings (SSSR count). The van der Waals surface area contributed by atoms with Gasteiger partial charge in [-0.3, -0.25) is 19.3 Å². The van der Waals surface area contributed by atoms with Gasteiger partial charge in [-0.05, 0) is 70.9 Å². The van der Waals surface area contributed by atoms with Crippen molar-refractivity contribution >= 4 is 50.9 Å². The minimum absolute atomic E-state index is 0.178. The molecule has 0 bridgehead atoms. The van der Waals surface area contributed by atoms with Crippen LogP contribution in [0.15, 0.2) is 45.8 Å². The number of carbonyl (C=O) groups excluding carboxylic acids is 3. The first-order chi connectivity index (χ1) is 15.3. The highest BCUT2D eigenvalue weighted by Crippen LogP contribution is 2.39. The van der Waals surface area contributed by atoms with Crippen LogP contribution < -0.4 is 9.47 Å². The van der Waals surface area contributed by atoms with Crippen molar-refractivity contribution in [1.82, 2.24) is 4.90 Å². The lowest BCUT2D eigenvalue weighted by atomic mass is 10.1. The number of carbonyl (C=O) groups is 3. The molecule has 0 aromatic heterocycles. The van der Waals surface area contributed by atoms with Crippen molar-refractivity contribution in [3.8, 4) is 11.5 Å². The van der Waals surface area contributed by atoms with Crippen molar-refractivity contribution in [2.24, 2.45) is 0 Å². The van der Waals surface area contributed by atoms with E-state index in [0.717, 1.165) is 22.2 Å². The summed E-state index contributed by atoms with van der Waals surface area (Å²) in [6, 6.07) is 11.5. The highest BCUT2D eigenvalue weighted by Gasteiger charge is 2.36. The largest absolute Gasteiger partial charge is 0.493 e. The molecule has 2 amide bonds. The SMILES string of the molecule is CCOC(=O)CN1C(=O)S/C(=C\c2cc(Br)c(OCc3ccc(C)cc3)c(OC)c2)C1=O. The summed E-state index contributed by atoms with van der Waals surface area (Å²) >= 11 is 4.27. The van der Waals surface area contributed by atoms with Crippen LogP contribution in [0.25, 0.3) is 6.08 Å². The van der Waals surface area contributed by atoms with Crippen LogP contribution in [0.1, 0.15) is 23.6 Å². The van der Waals surface area contributed by atoms with E-state index in [9.17, 15) is 14.4 Å². The molecule has 0 N–H and O–H groups in total. The fourth-order valence-corrected chi connectivity index (χ4v) is 4.34. The van der Waals surface area contributed by atoms with Crippen LogP contribution in [0.5, 0.6) is 11.5 Å². The minimum Gasteiger partial charge on any atom is -0.493 e. The molecule has 0 aliphatic carbocycles. The quantitative estimate of drug-likeness (QED) is 0.360. The zero-order chi connectivity index (χ0) is 23.3. The number of halogens is 1. The van der Waals surface area contributed by atoms with Gasteiger partial charge in [-0.25, -0.2) is 0 Å². The molecule has 1 saturated heterocycles. The number of nitrogens with zero attached hydrogens (tertiary/aromatic N) is 1. The lowest BCUT2D eigenvalue weighted by molar-refractivity contribution is -0.145. The minimum atomic E-state index is -0.629. The first kappa shape index (κ1) is 23.9. The average molecular weight is 520 g/mol. The van der Waals surface area contributed by atoms with Gasteiger partial charge in [0, 0.05) is 0 Å². The number of methoxy groups -OCH3 is 1. The zero-order valence-electron chi connectivity index (χ0n) is 17.8. The number of esters is 1. The number of imide groups is 1. The van der Waals surface area contributed by atoms with Crippen LogP contribution in [0, 0.1) is 6.92 Å². The molecule has 0 atom stereocenters. The van der Waals surface area contributed by atoms with E-state index in [1.807, 2.05) is 31.2 Å². The van der Waals surface area contributed by atoms with Gasteiger partial charge in [-0.15, -0.1) is 0 Å². The number of rotatable bonds is 8. The summed E-state index contributed by atoms with van der Waals surface area (Å²) in [4.78, 5) is 37.5. The third-order valence-corrected chi connectivity index (χ3v) is 6.02. The standard InChI is InChI=1S/C23H22BrNO6S/c1-4-30-20(26)12-25-22(27)19(32-23(25)28)11-16-9-17(24)21(18(10-16)29-3)31-13-15-7-5-14(2)6-8-15/h5-11H,4,12-13H2,1-3H3/b19-11-. The number of hydrogen-bond donors (Lipinski definition) is 0. The second-order valence-corrected chi connectivity index (χ2v) is 8.73. The molecule has 1 aliphatic heterocycles. The zero-order valence-corrected chi connectivity index (χ0v) is 20.2. The van der Waals surface area contributed by atoms with Crippen molar-refractivity contribution in [3.63, 3.8) is 0 Å². The Morgan fingerprint density at radius 2 is 1.91 bits per heavy atom. The molecule has 168 valence electrons. The number of thioether (sulfide) groups is 1. The Labute approximate surface area is 198 Å². The Hall–Kier alpha value is -2.78. The fourth-order valence-electron chi connectivity index (χ4n) is 2.93. The molecule has 1 fully saturated rings. The van der Waals surface area contributed by atoms with Gasteiger partial charge in [0.1, 0.15) is 13.2 Å². The summed E-state index contributed by atoms with van der Waals surface area (Å²) in [5.74, 6) is -0.164. The normalized spacial score (nSPS) is 14.8. The molecule has 9 heteroatoms. The Morgan fingerprint density at radius 1 is 1.19 bits per heavy atom. The van der Waals surface area contributed by atoms with Crippen LogP contribution in [-0.4, -0.2) is 42.3 Å². The van der Waals surface area contributed by atoms with Crippen LogP contribution in [0.4, 0.5) is 4.79 Å². The van der Waals surface area contributed by atoms with E-state index in [1.165, 1.54) is 12.7 Å². The van der Waals surface area contributed by atoms with Crippen molar-refractivity contribution in [1.29, 1.82) is 0 Å². The van der Waals surface area contributed by atoms with Gasteiger partial charge in [0.25, 0.3) is 11.1 Å². The monoisotopic (exact) mass is 519 g/mol. The maximum Gasteiger partial charge on any atom is 0.326 e. The Balaban J connectivity index is 1.78. The molecule has 2 aromatic carbocycles. The van der Waals surface area contributed by atoms with Gasteiger partial charge in [-0.2, -0.15) is 0 Å². The fraction of sp³-hybridized carbons (Fsp3) is 0.261. The van der Waals surface area contributed by atoms with E-state index in [1.54, 1.807) is 25.1 Å². The summed E-state index contributed by atoms with van der Waals surface area (Å²) in [6.07, 6.45) is 1.58. The Morgan fingerprint density at radius 3 is 2.56 bits per heavy atom. The first-order valence-electron chi connectivity index (χ1n) is 9.79. The van der Waals surface area contributed by atoms with E-state index in [-0.39, 0.29) is 11.5 Å².